The predicted molar refractivity (Wildman–Crippen MR) is 87.1 cm³/mol. The van der Waals surface area contributed by atoms with Gasteiger partial charge in [0.1, 0.15) is 5.76 Å². The molecule has 22 heavy (non-hydrogen) atoms. The van der Waals surface area contributed by atoms with E-state index in [1.807, 2.05) is 41.3 Å². The van der Waals surface area contributed by atoms with E-state index in [1.165, 1.54) is 12.8 Å². The lowest BCUT2D eigenvalue weighted by molar-refractivity contribution is 0.463. The number of anilines is 1. The molecule has 1 fully saturated rings. The van der Waals surface area contributed by atoms with Crippen LogP contribution in [0.25, 0.3) is 5.69 Å². The molecule has 1 saturated carbocycles. The summed E-state index contributed by atoms with van der Waals surface area (Å²) in [6.45, 7) is 0.564. The van der Waals surface area contributed by atoms with Gasteiger partial charge in [0, 0.05) is 10.4 Å². The number of hydrogen-bond acceptors (Lipinski definition) is 4. The summed E-state index contributed by atoms with van der Waals surface area (Å²) in [7, 11) is 0. The maximum atomic E-state index is 5.73. The molecule has 3 aromatic rings. The van der Waals surface area contributed by atoms with Crippen LogP contribution in [0.4, 0.5) is 5.69 Å². The van der Waals surface area contributed by atoms with Gasteiger partial charge in [-0.25, -0.2) is 9.67 Å². The SMILES string of the molecule is Brc1ccccc1-n1cc(NCc2ncc(C3CC3)o2)cn1. The van der Waals surface area contributed by atoms with Gasteiger partial charge >= 0.3 is 0 Å². The maximum absolute atomic E-state index is 5.73. The second kappa shape index (κ2) is 5.61. The van der Waals surface area contributed by atoms with Crippen molar-refractivity contribution >= 4 is 21.6 Å². The molecule has 0 bridgehead atoms. The Hall–Kier alpha value is -2.08. The highest BCUT2D eigenvalue weighted by molar-refractivity contribution is 9.10. The van der Waals surface area contributed by atoms with E-state index in [4.69, 9.17) is 4.42 Å². The Morgan fingerprint density at radius 3 is 2.95 bits per heavy atom. The van der Waals surface area contributed by atoms with Crippen LogP contribution < -0.4 is 5.32 Å². The molecule has 0 spiro atoms. The standard InChI is InChI=1S/C16H15BrN4O/c17-13-3-1-2-4-14(13)21-10-12(7-20-21)18-9-16-19-8-15(22-16)11-5-6-11/h1-4,7-8,10-11,18H,5-6,9H2. The van der Waals surface area contributed by atoms with Crippen molar-refractivity contribution in [3.63, 3.8) is 0 Å². The molecule has 4 rings (SSSR count). The van der Waals surface area contributed by atoms with Crippen molar-refractivity contribution in [1.82, 2.24) is 14.8 Å². The summed E-state index contributed by atoms with van der Waals surface area (Å²) in [5.41, 5.74) is 1.93. The lowest BCUT2D eigenvalue weighted by atomic mass is 10.3. The first-order valence-electron chi connectivity index (χ1n) is 7.27. The van der Waals surface area contributed by atoms with Gasteiger partial charge in [-0.1, -0.05) is 12.1 Å². The molecular weight excluding hydrogens is 344 g/mol. The highest BCUT2D eigenvalue weighted by atomic mass is 79.9. The number of benzene rings is 1. The van der Waals surface area contributed by atoms with Crippen LogP contribution in [0.3, 0.4) is 0 Å². The van der Waals surface area contributed by atoms with Crippen LogP contribution in [0.15, 0.2) is 51.7 Å². The summed E-state index contributed by atoms with van der Waals surface area (Å²) in [5.74, 6) is 2.33. The number of nitrogens with one attached hydrogen (secondary N) is 1. The number of rotatable bonds is 5. The lowest BCUT2D eigenvalue weighted by Gasteiger charge is -2.03. The van der Waals surface area contributed by atoms with Gasteiger partial charge in [0.25, 0.3) is 0 Å². The Morgan fingerprint density at radius 2 is 2.14 bits per heavy atom. The summed E-state index contributed by atoms with van der Waals surface area (Å²) in [6.07, 6.45) is 8.04. The van der Waals surface area contributed by atoms with Crippen molar-refractivity contribution in [2.45, 2.75) is 25.3 Å². The third-order valence-corrected chi connectivity index (χ3v) is 4.35. The van der Waals surface area contributed by atoms with E-state index < -0.39 is 0 Å². The van der Waals surface area contributed by atoms with Gasteiger partial charge in [-0.05, 0) is 40.9 Å². The molecule has 1 N–H and O–H groups in total. The van der Waals surface area contributed by atoms with Crippen molar-refractivity contribution in [1.29, 1.82) is 0 Å². The molecule has 1 aromatic carbocycles. The van der Waals surface area contributed by atoms with E-state index in [9.17, 15) is 0 Å². The van der Waals surface area contributed by atoms with Gasteiger partial charge in [-0.3, -0.25) is 0 Å². The normalized spacial score (nSPS) is 14.2. The van der Waals surface area contributed by atoms with Gasteiger partial charge in [0.05, 0.1) is 36.5 Å². The van der Waals surface area contributed by atoms with E-state index in [-0.39, 0.29) is 0 Å². The van der Waals surface area contributed by atoms with Gasteiger partial charge < -0.3 is 9.73 Å². The zero-order valence-corrected chi connectivity index (χ0v) is 13.5. The minimum absolute atomic E-state index is 0.564. The predicted octanol–water partition coefficient (Wildman–Crippen LogP) is 4.11. The van der Waals surface area contributed by atoms with Crippen molar-refractivity contribution in [2.75, 3.05) is 5.32 Å². The molecule has 5 nitrogen and oxygen atoms in total. The summed E-state index contributed by atoms with van der Waals surface area (Å²) in [6, 6.07) is 7.98. The Morgan fingerprint density at radius 1 is 1.27 bits per heavy atom. The summed E-state index contributed by atoms with van der Waals surface area (Å²) < 4.78 is 8.57. The van der Waals surface area contributed by atoms with E-state index in [2.05, 4.69) is 31.3 Å². The molecular formula is C16H15BrN4O. The topological polar surface area (TPSA) is 55.9 Å². The van der Waals surface area contributed by atoms with Crippen molar-refractivity contribution in [3.05, 3.63) is 59.0 Å². The molecule has 1 aliphatic rings. The fourth-order valence-corrected chi connectivity index (χ4v) is 2.79. The zero-order valence-electron chi connectivity index (χ0n) is 11.9. The summed E-state index contributed by atoms with van der Waals surface area (Å²) in [4.78, 5) is 4.31. The van der Waals surface area contributed by atoms with Crippen molar-refractivity contribution < 1.29 is 4.42 Å². The second-order valence-corrected chi connectivity index (χ2v) is 6.26. The van der Waals surface area contributed by atoms with E-state index in [1.54, 1.807) is 6.20 Å². The van der Waals surface area contributed by atoms with Crippen molar-refractivity contribution in [2.24, 2.45) is 0 Å². The molecule has 0 atom stereocenters. The zero-order chi connectivity index (χ0) is 14.9. The number of halogens is 1. The fraction of sp³-hybridized carbons (Fsp3) is 0.250. The average Bonchev–Trinajstić information content (AvgIpc) is 3.09. The average molecular weight is 359 g/mol. The summed E-state index contributed by atoms with van der Waals surface area (Å²) in [5, 5.41) is 7.66. The van der Waals surface area contributed by atoms with Gasteiger partial charge in [-0.15, -0.1) is 0 Å². The molecule has 1 aliphatic carbocycles. The maximum Gasteiger partial charge on any atom is 0.213 e. The van der Waals surface area contributed by atoms with Crippen LogP contribution in [0.5, 0.6) is 0 Å². The first kappa shape index (κ1) is 13.6. The van der Waals surface area contributed by atoms with Crippen LogP contribution in [0.2, 0.25) is 0 Å². The lowest BCUT2D eigenvalue weighted by Crippen LogP contribution is -1.99. The van der Waals surface area contributed by atoms with Crippen molar-refractivity contribution in [3.8, 4) is 5.69 Å². The molecule has 2 heterocycles. The van der Waals surface area contributed by atoms with Crippen LogP contribution >= 0.6 is 15.9 Å². The highest BCUT2D eigenvalue weighted by Crippen LogP contribution is 2.40. The third kappa shape index (κ3) is 2.78. The number of oxazole rings is 1. The van der Waals surface area contributed by atoms with Gasteiger partial charge in [-0.2, -0.15) is 5.10 Å². The Kier molecular flexibility index (Phi) is 3.46. The molecule has 0 aliphatic heterocycles. The van der Waals surface area contributed by atoms with Crippen LogP contribution in [-0.4, -0.2) is 14.8 Å². The molecule has 0 amide bonds. The first-order chi connectivity index (χ1) is 10.8. The molecule has 0 radical (unpaired) electrons. The summed E-state index contributed by atoms with van der Waals surface area (Å²) >= 11 is 3.53. The monoisotopic (exact) mass is 358 g/mol. The third-order valence-electron chi connectivity index (χ3n) is 3.68. The number of nitrogens with zero attached hydrogens (tertiary/aromatic N) is 3. The van der Waals surface area contributed by atoms with E-state index >= 15 is 0 Å². The quantitative estimate of drug-likeness (QED) is 0.745. The largest absolute Gasteiger partial charge is 0.444 e. The van der Waals surface area contributed by atoms with Gasteiger partial charge in [0.2, 0.25) is 5.89 Å². The molecule has 112 valence electrons. The fourth-order valence-electron chi connectivity index (χ4n) is 2.32. The number of hydrogen-bond donors (Lipinski definition) is 1. The van der Waals surface area contributed by atoms with Crippen LogP contribution in [0.1, 0.15) is 30.4 Å². The van der Waals surface area contributed by atoms with Crippen LogP contribution in [-0.2, 0) is 6.54 Å². The first-order valence-corrected chi connectivity index (χ1v) is 8.07. The second-order valence-electron chi connectivity index (χ2n) is 5.41. The minimum Gasteiger partial charge on any atom is -0.444 e. The van der Waals surface area contributed by atoms with Gasteiger partial charge in [0.15, 0.2) is 0 Å². The Labute approximate surface area is 136 Å². The highest BCUT2D eigenvalue weighted by Gasteiger charge is 2.27. The number of aromatic nitrogens is 3. The molecule has 0 saturated heterocycles. The Bertz CT molecular complexity index is 791. The Balaban J connectivity index is 1.44. The number of para-hydroxylation sites is 1. The smallest absolute Gasteiger partial charge is 0.213 e. The van der Waals surface area contributed by atoms with E-state index in [0.717, 1.165) is 27.5 Å². The molecule has 6 heteroatoms. The van der Waals surface area contributed by atoms with E-state index in [0.29, 0.717) is 12.5 Å². The van der Waals surface area contributed by atoms with Crippen LogP contribution in [0, 0.1) is 0 Å². The molecule has 0 unspecified atom stereocenters. The molecule has 2 aromatic heterocycles. The minimum atomic E-state index is 0.564.